The lowest BCUT2D eigenvalue weighted by atomic mass is 10.1. The molecule has 0 amide bonds. The van der Waals surface area contributed by atoms with Crippen LogP contribution in [0.3, 0.4) is 0 Å². The molecule has 0 aliphatic rings. The Morgan fingerprint density at radius 3 is 2.46 bits per heavy atom. The Hall–Kier alpha value is -1.12. The Balaban J connectivity index is 0.00000338. The lowest BCUT2D eigenvalue weighted by Gasteiger charge is -2.16. The largest absolute Gasteiger partial charge is 0.357 e. The lowest BCUT2D eigenvalue weighted by molar-refractivity contribution is 0.401. The first-order chi connectivity index (χ1) is 12.1. The van der Waals surface area contributed by atoms with Gasteiger partial charge >= 0.3 is 0 Å². The number of aliphatic imine (C=N–C) groups is 1. The second-order valence-electron chi connectivity index (χ2n) is 6.50. The molecule has 1 aromatic heterocycles. The van der Waals surface area contributed by atoms with Crippen molar-refractivity contribution in [1.29, 1.82) is 0 Å². The van der Waals surface area contributed by atoms with Gasteiger partial charge in [-0.3, -0.25) is 0 Å². The van der Waals surface area contributed by atoms with E-state index in [9.17, 15) is 0 Å². The first-order valence-electron chi connectivity index (χ1n) is 8.87. The van der Waals surface area contributed by atoms with Crippen molar-refractivity contribution in [1.82, 2.24) is 15.5 Å². The van der Waals surface area contributed by atoms with Gasteiger partial charge in [-0.05, 0) is 43.6 Å². The molecule has 2 N–H and O–H groups in total. The summed E-state index contributed by atoms with van der Waals surface area (Å²) in [5.74, 6) is 1.36. The third-order valence-corrected chi connectivity index (χ3v) is 5.07. The van der Waals surface area contributed by atoms with E-state index >= 15 is 0 Å². The van der Waals surface area contributed by atoms with E-state index in [0.29, 0.717) is 12.5 Å². The quantitative estimate of drug-likeness (QED) is 0.332. The van der Waals surface area contributed by atoms with Crippen molar-refractivity contribution in [3.05, 3.63) is 57.8 Å². The SMILES string of the molecule is CCNC(=NCc1ccccc1CN(C)C)NCC(C)c1cccs1.I. The van der Waals surface area contributed by atoms with Crippen LogP contribution in [0.15, 0.2) is 46.8 Å². The Morgan fingerprint density at radius 2 is 1.85 bits per heavy atom. The molecule has 1 atom stereocenters. The normalized spacial score (nSPS) is 12.6. The van der Waals surface area contributed by atoms with Crippen molar-refractivity contribution in [3.8, 4) is 0 Å². The highest BCUT2D eigenvalue weighted by Gasteiger charge is 2.08. The molecule has 2 rings (SSSR count). The Morgan fingerprint density at radius 1 is 1.12 bits per heavy atom. The third-order valence-electron chi connectivity index (χ3n) is 3.96. The maximum absolute atomic E-state index is 4.78. The summed E-state index contributed by atoms with van der Waals surface area (Å²) in [6.07, 6.45) is 0. The fourth-order valence-corrected chi connectivity index (χ4v) is 3.42. The Bertz CT molecular complexity index is 656. The summed E-state index contributed by atoms with van der Waals surface area (Å²) in [5.41, 5.74) is 2.61. The zero-order valence-corrected chi connectivity index (χ0v) is 19.3. The van der Waals surface area contributed by atoms with Crippen molar-refractivity contribution in [2.24, 2.45) is 4.99 Å². The zero-order valence-electron chi connectivity index (χ0n) is 16.2. The van der Waals surface area contributed by atoms with Crippen molar-refractivity contribution in [2.75, 3.05) is 27.2 Å². The number of thiophene rings is 1. The third kappa shape index (κ3) is 7.63. The van der Waals surface area contributed by atoms with Crippen LogP contribution in [0.25, 0.3) is 0 Å². The smallest absolute Gasteiger partial charge is 0.191 e. The van der Waals surface area contributed by atoms with Crippen LogP contribution >= 0.6 is 35.3 Å². The average Bonchev–Trinajstić information content (AvgIpc) is 3.12. The van der Waals surface area contributed by atoms with Gasteiger partial charge in [0.1, 0.15) is 0 Å². The van der Waals surface area contributed by atoms with E-state index in [4.69, 9.17) is 4.99 Å². The van der Waals surface area contributed by atoms with Crippen molar-refractivity contribution in [3.63, 3.8) is 0 Å². The first kappa shape index (κ1) is 22.9. The van der Waals surface area contributed by atoms with Gasteiger partial charge in [-0.25, -0.2) is 4.99 Å². The summed E-state index contributed by atoms with van der Waals surface area (Å²) in [5, 5.41) is 8.95. The zero-order chi connectivity index (χ0) is 18.1. The van der Waals surface area contributed by atoms with Crippen LogP contribution in [0, 0.1) is 0 Å². The van der Waals surface area contributed by atoms with E-state index < -0.39 is 0 Å². The molecule has 0 radical (unpaired) electrons. The van der Waals surface area contributed by atoms with Crippen molar-refractivity contribution >= 4 is 41.3 Å². The van der Waals surface area contributed by atoms with Gasteiger partial charge in [-0.15, -0.1) is 35.3 Å². The van der Waals surface area contributed by atoms with Crippen molar-refractivity contribution < 1.29 is 0 Å². The minimum Gasteiger partial charge on any atom is -0.357 e. The van der Waals surface area contributed by atoms with Gasteiger partial charge in [0.25, 0.3) is 0 Å². The second kappa shape index (κ2) is 12.3. The monoisotopic (exact) mass is 486 g/mol. The van der Waals surface area contributed by atoms with Crippen LogP contribution < -0.4 is 10.6 Å². The molecule has 0 saturated carbocycles. The van der Waals surface area contributed by atoms with Crippen LogP contribution in [-0.4, -0.2) is 38.0 Å². The molecule has 0 saturated heterocycles. The van der Waals surface area contributed by atoms with Gasteiger partial charge in [-0.1, -0.05) is 37.3 Å². The Kier molecular flexibility index (Phi) is 10.8. The molecule has 2 aromatic rings. The molecular formula is C20H31IN4S. The lowest BCUT2D eigenvalue weighted by Crippen LogP contribution is -2.39. The molecular weight excluding hydrogens is 455 g/mol. The van der Waals surface area contributed by atoms with Crippen LogP contribution in [0.2, 0.25) is 0 Å². The topological polar surface area (TPSA) is 39.7 Å². The predicted molar refractivity (Wildman–Crippen MR) is 125 cm³/mol. The summed E-state index contributed by atoms with van der Waals surface area (Å²) >= 11 is 1.81. The van der Waals surface area contributed by atoms with E-state index in [0.717, 1.165) is 25.6 Å². The molecule has 0 bridgehead atoms. The Labute approximate surface area is 179 Å². The summed E-state index contributed by atoms with van der Waals surface area (Å²) < 4.78 is 0. The molecule has 0 aliphatic heterocycles. The molecule has 1 heterocycles. The highest BCUT2D eigenvalue weighted by atomic mass is 127. The average molecular weight is 486 g/mol. The molecule has 0 aliphatic carbocycles. The highest BCUT2D eigenvalue weighted by molar-refractivity contribution is 14.0. The minimum atomic E-state index is 0. The summed E-state index contributed by atoms with van der Waals surface area (Å²) in [6, 6.07) is 12.8. The number of nitrogens with zero attached hydrogens (tertiary/aromatic N) is 2. The van der Waals surface area contributed by atoms with E-state index in [1.54, 1.807) is 0 Å². The summed E-state index contributed by atoms with van der Waals surface area (Å²) in [6.45, 7) is 7.71. The number of benzene rings is 1. The van der Waals surface area contributed by atoms with Crippen LogP contribution in [0.5, 0.6) is 0 Å². The van der Waals surface area contributed by atoms with Gasteiger partial charge in [-0.2, -0.15) is 0 Å². The molecule has 4 nitrogen and oxygen atoms in total. The van der Waals surface area contributed by atoms with Crippen LogP contribution in [0.1, 0.15) is 35.8 Å². The second-order valence-corrected chi connectivity index (χ2v) is 7.48. The summed E-state index contributed by atoms with van der Waals surface area (Å²) in [4.78, 5) is 8.38. The van der Waals surface area contributed by atoms with Gasteiger partial charge < -0.3 is 15.5 Å². The minimum absolute atomic E-state index is 0. The maximum atomic E-state index is 4.78. The number of guanidine groups is 1. The molecule has 144 valence electrons. The van der Waals surface area contributed by atoms with Gasteiger partial charge in [0, 0.05) is 30.4 Å². The van der Waals surface area contributed by atoms with Crippen molar-refractivity contribution in [2.45, 2.75) is 32.9 Å². The molecule has 26 heavy (non-hydrogen) atoms. The van der Waals surface area contributed by atoms with Crippen LogP contribution in [-0.2, 0) is 13.1 Å². The van der Waals surface area contributed by atoms with E-state index in [-0.39, 0.29) is 24.0 Å². The first-order valence-corrected chi connectivity index (χ1v) is 9.75. The fourth-order valence-electron chi connectivity index (χ4n) is 2.63. The number of nitrogens with one attached hydrogen (secondary N) is 2. The number of rotatable bonds is 8. The van der Waals surface area contributed by atoms with E-state index in [2.05, 4.69) is 85.3 Å². The van der Waals surface area contributed by atoms with Crippen LogP contribution in [0.4, 0.5) is 0 Å². The molecule has 1 aromatic carbocycles. The fraction of sp³-hybridized carbons (Fsp3) is 0.450. The molecule has 1 unspecified atom stereocenters. The molecule has 0 spiro atoms. The highest BCUT2D eigenvalue weighted by Crippen LogP contribution is 2.19. The maximum Gasteiger partial charge on any atom is 0.191 e. The van der Waals surface area contributed by atoms with E-state index in [1.165, 1.54) is 16.0 Å². The molecule has 6 heteroatoms. The van der Waals surface area contributed by atoms with Gasteiger partial charge in [0.15, 0.2) is 5.96 Å². The summed E-state index contributed by atoms with van der Waals surface area (Å²) in [7, 11) is 4.19. The molecule has 0 fully saturated rings. The standard InChI is InChI=1S/C20H30N4S.HI/c1-5-21-20(22-13-16(2)19-11-8-12-25-19)23-14-17-9-6-7-10-18(17)15-24(3)4;/h6-12,16H,5,13-15H2,1-4H3,(H2,21,22,23);1H. The van der Waals surface area contributed by atoms with Gasteiger partial charge in [0.2, 0.25) is 0 Å². The number of hydrogen-bond acceptors (Lipinski definition) is 3. The number of halogens is 1. The predicted octanol–water partition coefficient (Wildman–Crippen LogP) is 4.29. The van der Waals surface area contributed by atoms with E-state index in [1.807, 2.05) is 11.3 Å². The number of hydrogen-bond donors (Lipinski definition) is 2. The van der Waals surface area contributed by atoms with Gasteiger partial charge in [0.05, 0.1) is 6.54 Å².